The van der Waals surface area contributed by atoms with Crippen molar-refractivity contribution >= 4 is 11.9 Å². The van der Waals surface area contributed by atoms with Gasteiger partial charge in [0.15, 0.2) is 0 Å². The van der Waals surface area contributed by atoms with E-state index in [1.165, 1.54) is 24.3 Å². The van der Waals surface area contributed by atoms with E-state index in [9.17, 15) is 19.1 Å². The zero-order valence-corrected chi connectivity index (χ0v) is 11.6. The molecule has 1 aliphatic heterocycles. The number of nitrogens with zero attached hydrogens (tertiary/aromatic N) is 1. The van der Waals surface area contributed by atoms with Crippen molar-refractivity contribution in [3.63, 3.8) is 0 Å². The van der Waals surface area contributed by atoms with Crippen LogP contribution in [0.2, 0.25) is 0 Å². The fraction of sp³-hybridized carbons (Fsp3) is 0.467. The summed E-state index contributed by atoms with van der Waals surface area (Å²) in [5.74, 6) is -1.55. The Labute approximate surface area is 117 Å². The topological polar surface area (TPSA) is 57.6 Å². The summed E-state index contributed by atoms with van der Waals surface area (Å²) in [7, 11) is 0. The highest BCUT2D eigenvalue weighted by atomic mass is 19.1. The first-order chi connectivity index (χ1) is 9.36. The summed E-state index contributed by atoms with van der Waals surface area (Å²) in [6, 6.07) is 5.31. The summed E-state index contributed by atoms with van der Waals surface area (Å²) in [6.07, 6.45) is 0.451. The van der Waals surface area contributed by atoms with Crippen molar-refractivity contribution in [1.82, 2.24) is 4.90 Å². The van der Waals surface area contributed by atoms with Crippen molar-refractivity contribution in [1.29, 1.82) is 0 Å². The molecule has 1 aromatic rings. The lowest BCUT2D eigenvalue weighted by Crippen LogP contribution is -2.40. The lowest BCUT2D eigenvalue weighted by molar-refractivity contribution is -0.150. The summed E-state index contributed by atoms with van der Waals surface area (Å²) in [5, 5.41) is 9.45. The Morgan fingerprint density at radius 2 is 1.90 bits per heavy atom. The van der Waals surface area contributed by atoms with Gasteiger partial charge in [-0.05, 0) is 36.6 Å². The summed E-state index contributed by atoms with van der Waals surface area (Å²) in [5.41, 5.74) is -0.494. The second kappa shape index (κ2) is 5.23. The Hall–Kier alpha value is -1.91. The molecule has 0 aliphatic carbocycles. The second-order valence-corrected chi connectivity index (χ2v) is 5.60. The van der Waals surface area contributed by atoms with Crippen LogP contribution in [0.4, 0.5) is 4.39 Å². The van der Waals surface area contributed by atoms with E-state index >= 15 is 0 Å². The molecule has 1 heterocycles. The number of amides is 1. The van der Waals surface area contributed by atoms with Crippen LogP contribution in [0.3, 0.4) is 0 Å². The molecule has 4 nitrogen and oxygen atoms in total. The molecule has 1 aromatic carbocycles. The van der Waals surface area contributed by atoms with Crippen molar-refractivity contribution in [3.8, 4) is 0 Å². The smallest absolute Gasteiger partial charge is 0.311 e. The Bertz CT molecular complexity index is 526. The maximum absolute atomic E-state index is 12.9. The summed E-state index contributed by atoms with van der Waals surface area (Å²) < 4.78 is 12.9. The molecule has 108 valence electrons. The Balaban J connectivity index is 2.18. The third-order valence-electron chi connectivity index (χ3n) is 4.21. The van der Waals surface area contributed by atoms with Gasteiger partial charge in [-0.2, -0.15) is 0 Å². The van der Waals surface area contributed by atoms with Gasteiger partial charge in [-0.3, -0.25) is 9.59 Å². The molecular formula is C15H18FNO3. The van der Waals surface area contributed by atoms with Crippen molar-refractivity contribution < 1.29 is 19.1 Å². The van der Waals surface area contributed by atoms with Gasteiger partial charge in [-0.1, -0.05) is 13.8 Å². The van der Waals surface area contributed by atoms with Crippen LogP contribution in [-0.4, -0.2) is 35.0 Å². The molecule has 1 unspecified atom stereocenters. The molecule has 0 saturated carbocycles. The molecule has 1 N–H and O–H groups in total. The van der Waals surface area contributed by atoms with Crippen molar-refractivity contribution in [3.05, 3.63) is 35.6 Å². The first kappa shape index (κ1) is 14.5. The number of aliphatic carboxylic acids is 1. The molecule has 2 rings (SSSR count). The number of likely N-dealkylation sites (tertiary alicyclic amines) is 1. The zero-order chi connectivity index (χ0) is 14.9. The fourth-order valence-electron chi connectivity index (χ4n) is 2.67. The van der Waals surface area contributed by atoms with Gasteiger partial charge in [0.1, 0.15) is 5.82 Å². The number of carboxylic acid groups (broad SMARTS) is 1. The van der Waals surface area contributed by atoms with E-state index in [2.05, 4.69) is 0 Å². The van der Waals surface area contributed by atoms with Crippen LogP contribution in [0.15, 0.2) is 24.3 Å². The molecule has 1 saturated heterocycles. The number of carbonyl (C=O) groups is 2. The summed E-state index contributed by atoms with van der Waals surface area (Å²) in [4.78, 5) is 25.4. The third kappa shape index (κ3) is 2.40. The van der Waals surface area contributed by atoms with Crippen molar-refractivity contribution in [2.45, 2.75) is 20.3 Å². The molecule has 5 heteroatoms. The van der Waals surface area contributed by atoms with E-state index in [0.29, 0.717) is 18.5 Å². The number of benzene rings is 1. The maximum Gasteiger partial charge on any atom is 0.311 e. The molecule has 1 amide bonds. The van der Waals surface area contributed by atoms with Gasteiger partial charge < -0.3 is 10.0 Å². The van der Waals surface area contributed by atoms with Crippen LogP contribution in [-0.2, 0) is 4.79 Å². The molecule has 0 aromatic heterocycles. The molecular weight excluding hydrogens is 261 g/mol. The average molecular weight is 279 g/mol. The molecule has 1 atom stereocenters. The predicted octanol–water partition coefficient (Wildman–Crippen LogP) is 2.40. The number of halogens is 1. The minimum Gasteiger partial charge on any atom is -0.481 e. The van der Waals surface area contributed by atoms with E-state index in [1.54, 1.807) is 4.90 Å². The fourth-order valence-corrected chi connectivity index (χ4v) is 2.67. The summed E-state index contributed by atoms with van der Waals surface area (Å²) >= 11 is 0. The molecule has 0 spiro atoms. The van der Waals surface area contributed by atoms with Gasteiger partial charge in [0.2, 0.25) is 0 Å². The third-order valence-corrected chi connectivity index (χ3v) is 4.21. The monoisotopic (exact) mass is 279 g/mol. The molecule has 0 bridgehead atoms. The quantitative estimate of drug-likeness (QED) is 0.924. The van der Waals surface area contributed by atoms with E-state index in [1.807, 2.05) is 13.8 Å². The zero-order valence-electron chi connectivity index (χ0n) is 11.6. The average Bonchev–Trinajstić information content (AvgIpc) is 2.85. The first-order valence-electron chi connectivity index (χ1n) is 6.65. The Kier molecular flexibility index (Phi) is 3.79. The number of carboxylic acids is 1. The van der Waals surface area contributed by atoms with Crippen LogP contribution in [0.5, 0.6) is 0 Å². The van der Waals surface area contributed by atoms with Gasteiger partial charge in [0.25, 0.3) is 5.91 Å². The maximum atomic E-state index is 12.9. The van der Waals surface area contributed by atoms with E-state index < -0.39 is 17.2 Å². The highest BCUT2D eigenvalue weighted by Crippen LogP contribution is 2.38. The molecule has 0 radical (unpaired) electrons. The van der Waals surface area contributed by atoms with Gasteiger partial charge in [-0.15, -0.1) is 0 Å². The second-order valence-electron chi connectivity index (χ2n) is 5.60. The van der Waals surface area contributed by atoms with Crippen molar-refractivity contribution in [2.75, 3.05) is 13.1 Å². The largest absolute Gasteiger partial charge is 0.481 e. The standard InChI is InChI=1S/C15H18FNO3/c1-10(2)15(14(19)20)7-8-17(9-15)13(18)11-3-5-12(16)6-4-11/h3-6,10H,7-9H2,1-2H3,(H,19,20). The first-order valence-corrected chi connectivity index (χ1v) is 6.65. The lowest BCUT2D eigenvalue weighted by atomic mass is 9.76. The van der Waals surface area contributed by atoms with Crippen LogP contribution >= 0.6 is 0 Å². The number of hydrogen-bond donors (Lipinski definition) is 1. The number of rotatable bonds is 3. The molecule has 20 heavy (non-hydrogen) atoms. The molecule has 1 aliphatic rings. The van der Waals surface area contributed by atoms with Crippen LogP contribution < -0.4 is 0 Å². The minimum absolute atomic E-state index is 0.0500. The SMILES string of the molecule is CC(C)C1(C(=O)O)CCN(C(=O)c2ccc(F)cc2)C1. The molecule has 1 fully saturated rings. The lowest BCUT2D eigenvalue weighted by Gasteiger charge is -2.28. The van der Waals surface area contributed by atoms with Crippen LogP contribution in [0.1, 0.15) is 30.6 Å². The van der Waals surface area contributed by atoms with Gasteiger partial charge in [-0.25, -0.2) is 4.39 Å². The van der Waals surface area contributed by atoms with Crippen LogP contribution in [0.25, 0.3) is 0 Å². The van der Waals surface area contributed by atoms with E-state index in [0.717, 1.165) is 0 Å². The highest BCUT2D eigenvalue weighted by Gasteiger charge is 2.48. The number of carbonyl (C=O) groups excluding carboxylic acids is 1. The highest BCUT2D eigenvalue weighted by molar-refractivity contribution is 5.95. The van der Waals surface area contributed by atoms with Gasteiger partial charge in [0, 0.05) is 18.7 Å². The summed E-state index contributed by atoms with van der Waals surface area (Å²) in [6.45, 7) is 4.34. The Morgan fingerprint density at radius 1 is 1.30 bits per heavy atom. The van der Waals surface area contributed by atoms with Gasteiger partial charge >= 0.3 is 5.97 Å². The van der Waals surface area contributed by atoms with E-state index in [-0.39, 0.29) is 18.4 Å². The minimum atomic E-state index is -0.879. The predicted molar refractivity (Wildman–Crippen MR) is 71.8 cm³/mol. The van der Waals surface area contributed by atoms with Crippen LogP contribution in [0, 0.1) is 17.2 Å². The van der Waals surface area contributed by atoms with Gasteiger partial charge in [0.05, 0.1) is 5.41 Å². The normalized spacial score (nSPS) is 22.3. The van der Waals surface area contributed by atoms with E-state index in [4.69, 9.17) is 0 Å². The van der Waals surface area contributed by atoms with Crippen molar-refractivity contribution in [2.24, 2.45) is 11.3 Å². The number of hydrogen-bond acceptors (Lipinski definition) is 2. The Morgan fingerprint density at radius 3 is 2.35 bits per heavy atom.